The fourth-order valence-electron chi connectivity index (χ4n) is 2.21. The fraction of sp³-hybridized carbons (Fsp3) is 0.714. The van der Waals surface area contributed by atoms with Crippen LogP contribution in [0.15, 0.2) is 6.20 Å². The summed E-state index contributed by atoms with van der Waals surface area (Å²) in [6.45, 7) is 6.51. The molecule has 6 heteroatoms. The molecule has 1 aromatic rings. The second-order valence-electron chi connectivity index (χ2n) is 5.31. The summed E-state index contributed by atoms with van der Waals surface area (Å²) in [6, 6.07) is 0. The van der Waals surface area contributed by atoms with Crippen molar-refractivity contribution in [3.05, 3.63) is 11.1 Å². The lowest BCUT2D eigenvalue weighted by atomic mass is 9.97. The number of hydrogen-bond acceptors (Lipinski definition) is 5. The van der Waals surface area contributed by atoms with Gasteiger partial charge in [0.1, 0.15) is 0 Å². The molecule has 5 nitrogen and oxygen atoms in total. The van der Waals surface area contributed by atoms with Gasteiger partial charge in [0.15, 0.2) is 5.13 Å². The first-order valence-electron chi connectivity index (χ1n) is 7.23. The molecule has 1 aliphatic heterocycles. The summed E-state index contributed by atoms with van der Waals surface area (Å²) < 4.78 is 5.37. The van der Waals surface area contributed by atoms with E-state index in [9.17, 15) is 4.79 Å². The first-order chi connectivity index (χ1) is 9.65. The lowest BCUT2D eigenvalue weighted by molar-refractivity contribution is -0.117. The van der Waals surface area contributed by atoms with E-state index in [1.54, 1.807) is 11.3 Å². The molecule has 2 heterocycles. The molecule has 2 rings (SSSR count). The van der Waals surface area contributed by atoms with Crippen molar-refractivity contribution in [2.24, 2.45) is 0 Å². The summed E-state index contributed by atoms with van der Waals surface area (Å²) in [5, 5.41) is 6.91. The summed E-state index contributed by atoms with van der Waals surface area (Å²) in [5.74, 6) is 0.556. The summed E-state index contributed by atoms with van der Waals surface area (Å²) >= 11 is 1.60. The van der Waals surface area contributed by atoms with Crippen molar-refractivity contribution >= 4 is 22.4 Å². The molecular formula is C14H23N3O2S. The molecule has 1 amide bonds. The van der Waals surface area contributed by atoms with E-state index in [0.29, 0.717) is 24.1 Å². The Morgan fingerprint density at radius 3 is 3.00 bits per heavy atom. The second kappa shape index (κ2) is 7.71. The Morgan fingerprint density at radius 1 is 1.55 bits per heavy atom. The molecule has 1 aromatic heterocycles. The van der Waals surface area contributed by atoms with Gasteiger partial charge in [-0.15, -0.1) is 11.3 Å². The number of nitrogens with one attached hydrogen (secondary N) is 2. The highest BCUT2D eigenvalue weighted by Crippen LogP contribution is 2.31. The lowest BCUT2D eigenvalue weighted by Gasteiger charge is -2.20. The number of thiazole rings is 1. The third-order valence-electron chi connectivity index (χ3n) is 3.29. The maximum Gasteiger partial charge on any atom is 0.228 e. The first kappa shape index (κ1) is 15.4. The van der Waals surface area contributed by atoms with Crippen molar-refractivity contribution in [1.29, 1.82) is 0 Å². The molecule has 20 heavy (non-hydrogen) atoms. The molecule has 0 atom stereocenters. The zero-order chi connectivity index (χ0) is 14.4. The average molecular weight is 297 g/mol. The van der Waals surface area contributed by atoms with Gasteiger partial charge in [-0.25, -0.2) is 4.98 Å². The van der Waals surface area contributed by atoms with E-state index < -0.39 is 0 Å². The van der Waals surface area contributed by atoms with E-state index in [-0.39, 0.29) is 12.0 Å². The highest BCUT2D eigenvalue weighted by Gasteiger charge is 2.18. The maximum atomic E-state index is 11.7. The SMILES string of the molecule is CC(C)OCCC(=O)Nc1ncc(C2CCNCC2)s1. The van der Waals surface area contributed by atoms with Gasteiger partial charge in [0.25, 0.3) is 0 Å². The molecule has 2 N–H and O–H groups in total. The van der Waals surface area contributed by atoms with Crippen molar-refractivity contribution < 1.29 is 9.53 Å². The van der Waals surface area contributed by atoms with Crippen LogP contribution in [0.3, 0.4) is 0 Å². The summed E-state index contributed by atoms with van der Waals surface area (Å²) in [7, 11) is 0. The third-order valence-corrected chi connectivity index (χ3v) is 4.37. The summed E-state index contributed by atoms with van der Waals surface area (Å²) in [5.41, 5.74) is 0. The van der Waals surface area contributed by atoms with Crippen LogP contribution in [-0.4, -0.2) is 36.7 Å². The van der Waals surface area contributed by atoms with Gasteiger partial charge in [-0.2, -0.15) is 0 Å². The highest BCUT2D eigenvalue weighted by atomic mass is 32.1. The normalized spacial score (nSPS) is 16.6. The Bertz CT molecular complexity index is 428. The highest BCUT2D eigenvalue weighted by molar-refractivity contribution is 7.15. The lowest BCUT2D eigenvalue weighted by Crippen LogP contribution is -2.26. The van der Waals surface area contributed by atoms with Crippen molar-refractivity contribution in [2.45, 2.75) is 45.1 Å². The number of anilines is 1. The van der Waals surface area contributed by atoms with Gasteiger partial charge in [-0.1, -0.05) is 0 Å². The second-order valence-corrected chi connectivity index (χ2v) is 6.37. The standard InChI is InChI=1S/C14H23N3O2S/c1-10(2)19-8-5-13(18)17-14-16-9-12(20-14)11-3-6-15-7-4-11/h9-11,15H,3-8H2,1-2H3,(H,16,17,18). The van der Waals surface area contributed by atoms with Crippen LogP contribution >= 0.6 is 11.3 Å². The number of ether oxygens (including phenoxy) is 1. The van der Waals surface area contributed by atoms with Crippen LogP contribution in [0, 0.1) is 0 Å². The molecule has 0 radical (unpaired) electrons. The monoisotopic (exact) mass is 297 g/mol. The first-order valence-corrected chi connectivity index (χ1v) is 8.04. The smallest absolute Gasteiger partial charge is 0.228 e. The molecule has 1 aliphatic rings. The van der Waals surface area contributed by atoms with Gasteiger partial charge in [0.05, 0.1) is 19.1 Å². The number of nitrogens with zero attached hydrogens (tertiary/aromatic N) is 1. The number of piperidine rings is 1. The topological polar surface area (TPSA) is 63.2 Å². The number of aromatic nitrogens is 1. The van der Waals surface area contributed by atoms with Gasteiger partial charge >= 0.3 is 0 Å². The minimum Gasteiger partial charge on any atom is -0.378 e. The van der Waals surface area contributed by atoms with Gasteiger partial charge < -0.3 is 15.4 Å². The Kier molecular flexibility index (Phi) is 5.94. The van der Waals surface area contributed by atoms with Crippen LogP contribution < -0.4 is 10.6 Å². The van der Waals surface area contributed by atoms with Gasteiger partial charge in [0.2, 0.25) is 5.91 Å². The van der Waals surface area contributed by atoms with E-state index in [1.165, 1.54) is 4.88 Å². The largest absolute Gasteiger partial charge is 0.378 e. The summed E-state index contributed by atoms with van der Waals surface area (Å²) in [4.78, 5) is 17.3. The van der Waals surface area contributed by atoms with Crippen LogP contribution in [-0.2, 0) is 9.53 Å². The van der Waals surface area contributed by atoms with Gasteiger partial charge in [-0.05, 0) is 45.7 Å². The molecule has 1 fully saturated rings. The van der Waals surface area contributed by atoms with Crippen LogP contribution in [0.5, 0.6) is 0 Å². The Morgan fingerprint density at radius 2 is 2.30 bits per heavy atom. The average Bonchev–Trinajstić information content (AvgIpc) is 2.88. The van der Waals surface area contributed by atoms with E-state index in [0.717, 1.165) is 25.9 Å². The minimum atomic E-state index is -0.0307. The predicted molar refractivity (Wildman–Crippen MR) is 81.3 cm³/mol. The number of hydrogen-bond donors (Lipinski definition) is 2. The molecule has 1 saturated heterocycles. The molecule has 112 valence electrons. The van der Waals surface area contributed by atoms with Crippen LogP contribution in [0.25, 0.3) is 0 Å². The van der Waals surface area contributed by atoms with Crippen molar-refractivity contribution in [2.75, 3.05) is 25.0 Å². The fourth-order valence-corrected chi connectivity index (χ4v) is 3.21. The van der Waals surface area contributed by atoms with Crippen LogP contribution in [0.1, 0.15) is 43.9 Å². The van der Waals surface area contributed by atoms with Crippen molar-refractivity contribution in [1.82, 2.24) is 10.3 Å². The Balaban J connectivity index is 1.78. The molecule has 0 spiro atoms. The Labute approximate surface area is 124 Å². The molecule has 0 saturated carbocycles. The Hall–Kier alpha value is -0.980. The number of carbonyl (C=O) groups is 1. The molecule has 0 aliphatic carbocycles. The van der Waals surface area contributed by atoms with E-state index in [2.05, 4.69) is 15.6 Å². The quantitative estimate of drug-likeness (QED) is 0.846. The molecule has 0 aromatic carbocycles. The summed E-state index contributed by atoms with van der Waals surface area (Å²) in [6.07, 6.45) is 4.74. The predicted octanol–water partition coefficient (Wildman–Crippen LogP) is 2.36. The number of carbonyl (C=O) groups excluding carboxylic acids is 1. The van der Waals surface area contributed by atoms with Gasteiger partial charge in [0, 0.05) is 11.1 Å². The zero-order valence-electron chi connectivity index (χ0n) is 12.1. The third kappa shape index (κ3) is 4.85. The zero-order valence-corrected chi connectivity index (χ0v) is 13.0. The van der Waals surface area contributed by atoms with Crippen molar-refractivity contribution in [3.63, 3.8) is 0 Å². The number of rotatable bonds is 6. The molecule has 0 bridgehead atoms. The van der Waals surface area contributed by atoms with Crippen LogP contribution in [0.2, 0.25) is 0 Å². The van der Waals surface area contributed by atoms with E-state index in [1.807, 2.05) is 20.0 Å². The molecular weight excluding hydrogens is 274 g/mol. The number of amides is 1. The maximum absolute atomic E-state index is 11.7. The minimum absolute atomic E-state index is 0.0307. The van der Waals surface area contributed by atoms with E-state index >= 15 is 0 Å². The van der Waals surface area contributed by atoms with Crippen molar-refractivity contribution in [3.8, 4) is 0 Å². The van der Waals surface area contributed by atoms with Gasteiger partial charge in [-0.3, -0.25) is 4.79 Å². The molecule has 0 unspecified atom stereocenters. The van der Waals surface area contributed by atoms with E-state index in [4.69, 9.17) is 4.74 Å². The van der Waals surface area contributed by atoms with Crippen LogP contribution in [0.4, 0.5) is 5.13 Å².